The maximum atomic E-state index is 12.0. The van der Waals surface area contributed by atoms with E-state index in [0.717, 1.165) is 15.7 Å². The Kier molecular flexibility index (Phi) is 6.72. The number of hydrogen-bond acceptors (Lipinski definition) is 5. The summed E-state index contributed by atoms with van der Waals surface area (Å²) < 4.78 is 2.16. The van der Waals surface area contributed by atoms with Gasteiger partial charge in [-0.3, -0.25) is 9.59 Å². The van der Waals surface area contributed by atoms with Crippen LogP contribution in [-0.2, 0) is 9.59 Å². The maximum Gasteiger partial charge on any atom is 0.243 e. The largest absolute Gasteiger partial charge is 0.346 e. The fourth-order valence-corrected chi connectivity index (χ4v) is 3.46. The summed E-state index contributed by atoms with van der Waals surface area (Å²) in [6, 6.07) is 16.9. The summed E-state index contributed by atoms with van der Waals surface area (Å²) in [5, 5.41) is 5.83. The van der Waals surface area contributed by atoms with E-state index in [1.807, 2.05) is 48.5 Å². The monoisotopic (exact) mass is 459 g/mol. The fraction of sp³-hybridized carbons (Fsp3) is 0.105. The van der Waals surface area contributed by atoms with E-state index in [0.29, 0.717) is 10.8 Å². The van der Waals surface area contributed by atoms with E-state index in [2.05, 4.69) is 31.5 Å². The molecule has 9 heteroatoms. The number of anilines is 1. The molecular formula is C19H18BrN5O2S. The summed E-state index contributed by atoms with van der Waals surface area (Å²) >= 11 is 4.56. The topological polar surface area (TPSA) is 102 Å². The molecule has 0 spiro atoms. The Balaban J connectivity index is 1.48. The quantitative estimate of drug-likeness (QED) is 0.372. The highest BCUT2D eigenvalue weighted by molar-refractivity contribution is 9.10. The molecule has 1 heterocycles. The van der Waals surface area contributed by atoms with Gasteiger partial charge in [-0.05, 0) is 28.1 Å². The van der Waals surface area contributed by atoms with Crippen molar-refractivity contribution >= 4 is 45.2 Å². The lowest BCUT2D eigenvalue weighted by Crippen LogP contribution is -2.34. The summed E-state index contributed by atoms with van der Waals surface area (Å²) in [4.78, 5) is 28.4. The van der Waals surface area contributed by atoms with E-state index in [1.54, 1.807) is 12.3 Å². The van der Waals surface area contributed by atoms with Gasteiger partial charge in [0.05, 0.1) is 29.9 Å². The average molecular weight is 460 g/mol. The number of benzene rings is 2. The molecule has 3 aromatic rings. The normalized spacial score (nSPS) is 10.5. The predicted octanol–water partition coefficient (Wildman–Crippen LogP) is 2.87. The summed E-state index contributed by atoms with van der Waals surface area (Å²) in [6.07, 6.45) is 1.71. The number of aromatic nitrogens is 2. The summed E-state index contributed by atoms with van der Waals surface area (Å²) in [7, 11) is 0. The van der Waals surface area contributed by atoms with Crippen LogP contribution in [0.15, 0.2) is 70.4 Å². The van der Waals surface area contributed by atoms with Gasteiger partial charge in [-0.2, -0.15) is 0 Å². The number of nitrogens with two attached hydrogens (primary N) is 1. The van der Waals surface area contributed by atoms with Crippen LogP contribution in [0.3, 0.4) is 0 Å². The number of halogens is 1. The zero-order chi connectivity index (χ0) is 19.9. The lowest BCUT2D eigenvalue weighted by molar-refractivity contribution is -0.122. The van der Waals surface area contributed by atoms with Crippen molar-refractivity contribution in [3.05, 3.63) is 65.3 Å². The van der Waals surface area contributed by atoms with E-state index in [1.165, 1.54) is 16.4 Å². The molecule has 3 rings (SSSR count). The molecule has 0 bridgehead atoms. The van der Waals surface area contributed by atoms with E-state index in [9.17, 15) is 9.59 Å². The molecule has 0 atom stereocenters. The summed E-state index contributed by atoms with van der Waals surface area (Å²) in [5.74, 6) is 5.43. The molecule has 0 aliphatic rings. The van der Waals surface area contributed by atoms with Crippen molar-refractivity contribution in [3.8, 4) is 11.3 Å². The lowest BCUT2D eigenvalue weighted by atomic mass is 10.2. The number of nitrogens with zero attached hydrogens (tertiary/aromatic N) is 2. The van der Waals surface area contributed by atoms with Crippen molar-refractivity contribution in [1.82, 2.24) is 15.0 Å². The molecule has 0 aliphatic carbocycles. The minimum atomic E-state index is -0.308. The minimum Gasteiger partial charge on any atom is -0.346 e. The van der Waals surface area contributed by atoms with Gasteiger partial charge >= 0.3 is 0 Å². The highest BCUT2D eigenvalue weighted by Crippen LogP contribution is 2.23. The molecule has 0 saturated carbocycles. The highest BCUT2D eigenvalue weighted by Gasteiger charge is 2.12. The van der Waals surface area contributed by atoms with Gasteiger partial charge < -0.3 is 16.5 Å². The number of rotatable bonds is 7. The Labute approximate surface area is 174 Å². The van der Waals surface area contributed by atoms with Crippen LogP contribution in [0.25, 0.3) is 11.3 Å². The second-order valence-electron chi connectivity index (χ2n) is 5.78. The van der Waals surface area contributed by atoms with E-state index in [4.69, 9.17) is 5.84 Å². The molecular weight excluding hydrogens is 442 g/mol. The number of hydrogen-bond donors (Lipinski definition) is 3. The number of carbonyl (C=O) groups is 2. The van der Waals surface area contributed by atoms with Crippen LogP contribution in [0.5, 0.6) is 0 Å². The van der Waals surface area contributed by atoms with Crippen molar-refractivity contribution in [2.45, 2.75) is 5.16 Å². The minimum absolute atomic E-state index is 0.102. The molecule has 2 aromatic carbocycles. The Bertz CT molecular complexity index is 977. The van der Waals surface area contributed by atoms with Crippen molar-refractivity contribution in [3.63, 3.8) is 0 Å². The first-order chi connectivity index (χ1) is 13.5. The van der Waals surface area contributed by atoms with Gasteiger partial charge in [-0.25, -0.2) is 9.66 Å². The third-order valence-corrected chi connectivity index (χ3v) is 5.35. The second kappa shape index (κ2) is 9.43. The van der Waals surface area contributed by atoms with Crippen LogP contribution in [0.2, 0.25) is 0 Å². The zero-order valence-corrected chi connectivity index (χ0v) is 17.2. The van der Waals surface area contributed by atoms with Gasteiger partial charge in [-0.1, -0.05) is 54.2 Å². The van der Waals surface area contributed by atoms with E-state index >= 15 is 0 Å². The van der Waals surface area contributed by atoms with Gasteiger partial charge in [0.2, 0.25) is 11.8 Å². The number of nitrogen functional groups attached to an aromatic ring is 1. The molecule has 4 N–H and O–H groups in total. The Morgan fingerprint density at radius 3 is 2.54 bits per heavy atom. The number of imidazole rings is 1. The number of amides is 2. The van der Waals surface area contributed by atoms with Gasteiger partial charge in [0.15, 0.2) is 5.16 Å². The molecule has 2 amide bonds. The molecule has 0 fully saturated rings. The van der Waals surface area contributed by atoms with E-state index in [-0.39, 0.29) is 24.1 Å². The number of carbonyl (C=O) groups excluding carboxylic acids is 2. The molecule has 144 valence electrons. The maximum absolute atomic E-state index is 12.0. The fourth-order valence-electron chi connectivity index (χ4n) is 2.35. The molecule has 0 saturated heterocycles. The average Bonchev–Trinajstić information content (AvgIpc) is 3.08. The van der Waals surface area contributed by atoms with Crippen molar-refractivity contribution < 1.29 is 9.59 Å². The molecule has 0 unspecified atom stereocenters. The van der Waals surface area contributed by atoms with Crippen LogP contribution >= 0.6 is 27.7 Å². The Morgan fingerprint density at radius 2 is 1.79 bits per heavy atom. The standard InChI is InChI=1S/C19H18BrN5O2S/c20-14-8-4-5-9-15(14)23-17(26)10-22-18(27)12-28-19-24-16(11-25(19)21)13-6-2-1-3-7-13/h1-9,11H,10,12,21H2,(H,22,27)(H,23,26). The smallest absolute Gasteiger partial charge is 0.243 e. The molecule has 28 heavy (non-hydrogen) atoms. The third-order valence-electron chi connectivity index (χ3n) is 3.69. The van der Waals surface area contributed by atoms with Crippen LogP contribution in [-0.4, -0.2) is 33.8 Å². The van der Waals surface area contributed by atoms with Crippen LogP contribution in [0, 0.1) is 0 Å². The summed E-state index contributed by atoms with van der Waals surface area (Å²) in [5.41, 5.74) is 2.33. The van der Waals surface area contributed by atoms with Crippen molar-refractivity contribution in [2.75, 3.05) is 23.5 Å². The highest BCUT2D eigenvalue weighted by atomic mass is 79.9. The van der Waals surface area contributed by atoms with Crippen molar-refractivity contribution in [1.29, 1.82) is 0 Å². The summed E-state index contributed by atoms with van der Waals surface area (Å²) in [6.45, 7) is -0.118. The molecule has 1 aromatic heterocycles. The predicted molar refractivity (Wildman–Crippen MR) is 114 cm³/mol. The van der Waals surface area contributed by atoms with Crippen LogP contribution in [0.1, 0.15) is 0 Å². The molecule has 0 aliphatic heterocycles. The first kappa shape index (κ1) is 20.0. The number of para-hydroxylation sites is 1. The Morgan fingerprint density at radius 1 is 1.07 bits per heavy atom. The van der Waals surface area contributed by atoms with Crippen LogP contribution < -0.4 is 16.5 Å². The Hall–Kier alpha value is -2.78. The van der Waals surface area contributed by atoms with Crippen molar-refractivity contribution in [2.24, 2.45) is 0 Å². The first-order valence-electron chi connectivity index (χ1n) is 8.36. The van der Waals surface area contributed by atoms with Gasteiger partial charge in [0.1, 0.15) is 0 Å². The van der Waals surface area contributed by atoms with Gasteiger partial charge in [0, 0.05) is 10.0 Å². The van der Waals surface area contributed by atoms with Gasteiger partial charge in [0.25, 0.3) is 0 Å². The first-order valence-corrected chi connectivity index (χ1v) is 10.1. The number of nitrogens with one attached hydrogen (secondary N) is 2. The van der Waals surface area contributed by atoms with E-state index < -0.39 is 0 Å². The van der Waals surface area contributed by atoms with Gasteiger partial charge in [-0.15, -0.1) is 0 Å². The zero-order valence-electron chi connectivity index (χ0n) is 14.8. The van der Waals surface area contributed by atoms with Crippen LogP contribution in [0.4, 0.5) is 5.69 Å². The molecule has 7 nitrogen and oxygen atoms in total. The number of thioether (sulfide) groups is 1. The second-order valence-corrected chi connectivity index (χ2v) is 7.57. The lowest BCUT2D eigenvalue weighted by Gasteiger charge is -2.08. The third kappa shape index (κ3) is 5.37. The molecule has 0 radical (unpaired) electrons. The SMILES string of the molecule is Nn1cc(-c2ccccc2)nc1SCC(=O)NCC(=O)Nc1ccccc1Br.